The van der Waals surface area contributed by atoms with E-state index in [1.165, 1.54) is 6.92 Å². The number of aryl methyl sites for hydroxylation is 1. The lowest BCUT2D eigenvalue weighted by Crippen LogP contribution is -2.20. The highest BCUT2D eigenvalue weighted by atomic mass is 19.4. The summed E-state index contributed by atoms with van der Waals surface area (Å²) in [5, 5.41) is 0. The molecule has 0 spiro atoms. The second kappa shape index (κ2) is 3.28. The van der Waals surface area contributed by atoms with Gasteiger partial charge in [0.25, 0.3) is 5.91 Å². The summed E-state index contributed by atoms with van der Waals surface area (Å²) in [6, 6.07) is 0.840. The molecule has 0 saturated heterocycles. The highest BCUT2D eigenvalue weighted by Gasteiger charge is 2.35. The number of carbonyl (C=O) groups excluding carboxylic acids is 1. The molecule has 6 heteroatoms. The van der Waals surface area contributed by atoms with E-state index >= 15 is 0 Å². The van der Waals surface area contributed by atoms with Gasteiger partial charge in [-0.25, -0.2) is 0 Å². The number of nitrogens with zero attached hydrogens (tertiary/aromatic N) is 1. The van der Waals surface area contributed by atoms with Gasteiger partial charge in [-0.15, -0.1) is 0 Å². The van der Waals surface area contributed by atoms with Gasteiger partial charge in [0.2, 0.25) is 0 Å². The van der Waals surface area contributed by atoms with E-state index < -0.39 is 23.3 Å². The zero-order valence-corrected chi connectivity index (χ0v) is 7.22. The number of aromatic nitrogens is 1. The van der Waals surface area contributed by atoms with E-state index in [1.807, 2.05) is 0 Å². The minimum Gasteiger partial charge on any atom is -0.364 e. The summed E-state index contributed by atoms with van der Waals surface area (Å²) in [7, 11) is 0. The van der Waals surface area contributed by atoms with E-state index in [2.05, 4.69) is 4.98 Å². The Morgan fingerprint density at radius 1 is 1.50 bits per heavy atom. The van der Waals surface area contributed by atoms with Crippen molar-refractivity contribution in [1.82, 2.24) is 4.98 Å². The van der Waals surface area contributed by atoms with Crippen LogP contribution in [0.15, 0.2) is 12.3 Å². The Labute approximate surface area is 77.7 Å². The lowest BCUT2D eigenvalue weighted by molar-refractivity contribution is -0.138. The summed E-state index contributed by atoms with van der Waals surface area (Å²) in [6.07, 6.45) is -3.45. The molecule has 1 amide bonds. The second-order valence-electron chi connectivity index (χ2n) is 2.77. The highest BCUT2D eigenvalue weighted by molar-refractivity contribution is 5.92. The number of hydrogen-bond donors (Lipinski definition) is 1. The van der Waals surface area contributed by atoms with Crippen LogP contribution in [0.5, 0.6) is 0 Å². The molecule has 0 saturated carbocycles. The van der Waals surface area contributed by atoms with Crippen LogP contribution in [-0.4, -0.2) is 10.9 Å². The number of nitrogens with two attached hydrogens (primary N) is 1. The van der Waals surface area contributed by atoms with Gasteiger partial charge in [-0.2, -0.15) is 13.2 Å². The van der Waals surface area contributed by atoms with Crippen molar-refractivity contribution in [1.29, 1.82) is 0 Å². The number of primary amides is 1. The zero-order chi connectivity index (χ0) is 10.9. The molecule has 3 nitrogen and oxygen atoms in total. The third-order valence-electron chi connectivity index (χ3n) is 1.56. The molecule has 0 aliphatic heterocycles. The molecule has 76 valence electrons. The van der Waals surface area contributed by atoms with Gasteiger partial charge in [0.05, 0.1) is 5.56 Å². The third-order valence-corrected chi connectivity index (χ3v) is 1.56. The van der Waals surface area contributed by atoms with Crippen molar-refractivity contribution < 1.29 is 18.0 Å². The van der Waals surface area contributed by atoms with Crippen LogP contribution in [0.4, 0.5) is 13.2 Å². The van der Waals surface area contributed by atoms with Crippen molar-refractivity contribution >= 4 is 5.91 Å². The molecule has 0 bridgehead atoms. The van der Waals surface area contributed by atoms with Crippen molar-refractivity contribution in [2.24, 2.45) is 5.73 Å². The first-order valence-electron chi connectivity index (χ1n) is 3.66. The minimum absolute atomic E-state index is 0.322. The zero-order valence-electron chi connectivity index (χ0n) is 7.22. The van der Waals surface area contributed by atoms with Gasteiger partial charge in [-0.1, -0.05) is 0 Å². The van der Waals surface area contributed by atoms with E-state index in [0.29, 0.717) is 5.56 Å². The van der Waals surface area contributed by atoms with Crippen LogP contribution in [-0.2, 0) is 6.18 Å². The van der Waals surface area contributed by atoms with Crippen LogP contribution in [0, 0.1) is 6.92 Å². The standard InChI is InChI=1S/C8H7F3N2O/c1-4-2-5(8(9,10)11)6(7(12)14)13-3-4/h2-3H,1H3,(H2,12,14). The van der Waals surface area contributed by atoms with Crippen molar-refractivity contribution in [2.75, 3.05) is 0 Å². The van der Waals surface area contributed by atoms with Crippen molar-refractivity contribution in [3.8, 4) is 0 Å². The van der Waals surface area contributed by atoms with Gasteiger partial charge < -0.3 is 5.73 Å². The monoisotopic (exact) mass is 204 g/mol. The van der Waals surface area contributed by atoms with Crippen LogP contribution in [0.25, 0.3) is 0 Å². The van der Waals surface area contributed by atoms with Gasteiger partial charge in [0.15, 0.2) is 0 Å². The fraction of sp³-hybridized carbons (Fsp3) is 0.250. The van der Waals surface area contributed by atoms with Gasteiger partial charge >= 0.3 is 6.18 Å². The number of alkyl halides is 3. The SMILES string of the molecule is Cc1cnc(C(N)=O)c(C(F)(F)F)c1. The maximum atomic E-state index is 12.3. The Morgan fingerprint density at radius 2 is 2.07 bits per heavy atom. The van der Waals surface area contributed by atoms with Crippen LogP contribution >= 0.6 is 0 Å². The summed E-state index contributed by atoms with van der Waals surface area (Å²) in [5.41, 5.74) is 3.24. The third kappa shape index (κ3) is 2.01. The van der Waals surface area contributed by atoms with Crippen molar-refractivity contribution in [2.45, 2.75) is 13.1 Å². The van der Waals surface area contributed by atoms with E-state index in [1.54, 1.807) is 0 Å². The summed E-state index contributed by atoms with van der Waals surface area (Å²) >= 11 is 0. The van der Waals surface area contributed by atoms with Crippen LogP contribution < -0.4 is 5.73 Å². The summed E-state index contributed by atoms with van der Waals surface area (Å²) in [4.78, 5) is 14.0. The molecule has 1 rings (SSSR count). The highest BCUT2D eigenvalue weighted by Crippen LogP contribution is 2.31. The van der Waals surface area contributed by atoms with Gasteiger partial charge in [0, 0.05) is 6.20 Å². The number of pyridine rings is 1. The number of rotatable bonds is 1. The molecule has 0 unspecified atom stereocenters. The molecule has 0 aliphatic rings. The molecule has 1 aromatic heterocycles. The molecule has 2 N–H and O–H groups in total. The van der Waals surface area contributed by atoms with Crippen LogP contribution in [0.1, 0.15) is 21.6 Å². The molecule has 1 heterocycles. The molecule has 0 aliphatic carbocycles. The van der Waals surface area contributed by atoms with Crippen LogP contribution in [0.2, 0.25) is 0 Å². The Bertz CT molecular complexity index is 373. The Hall–Kier alpha value is -1.59. The summed E-state index contributed by atoms with van der Waals surface area (Å²) in [6.45, 7) is 1.45. The molecule has 0 radical (unpaired) electrons. The normalized spacial score (nSPS) is 11.4. The van der Waals surface area contributed by atoms with Gasteiger partial charge in [-0.3, -0.25) is 9.78 Å². The molecule has 1 aromatic rings. The smallest absolute Gasteiger partial charge is 0.364 e. The topological polar surface area (TPSA) is 56.0 Å². The molecule has 0 aromatic carbocycles. The fourth-order valence-corrected chi connectivity index (χ4v) is 0.982. The predicted molar refractivity (Wildman–Crippen MR) is 42.5 cm³/mol. The number of hydrogen-bond acceptors (Lipinski definition) is 2. The number of carbonyl (C=O) groups is 1. The van der Waals surface area contributed by atoms with E-state index in [-0.39, 0.29) is 0 Å². The average Bonchev–Trinajstić information content (AvgIpc) is 2.01. The van der Waals surface area contributed by atoms with E-state index in [0.717, 1.165) is 12.3 Å². The van der Waals surface area contributed by atoms with E-state index in [4.69, 9.17) is 5.73 Å². The first kappa shape index (κ1) is 10.5. The molecule has 0 fully saturated rings. The summed E-state index contributed by atoms with van der Waals surface area (Å²) in [5.74, 6) is -1.18. The van der Waals surface area contributed by atoms with E-state index in [9.17, 15) is 18.0 Å². The van der Waals surface area contributed by atoms with Crippen molar-refractivity contribution in [3.63, 3.8) is 0 Å². The van der Waals surface area contributed by atoms with Gasteiger partial charge in [-0.05, 0) is 18.6 Å². The molecule has 0 atom stereocenters. The largest absolute Gasteiger partial charge is 0.418 e. The number of amides is 1. The lowest BCUT2D eigenvalue weighted by Gasteiger charge is -2.09. The lowest BCUT2D eigenvalue weighted by atomic mass is 10.1. The van der Waals surface area contributed by atoms with Gasteiger partial charge in [0.1, 0.15) is 5.69 Å². The fourth-order valence-electron chi connectivity index (χ4n) is 0.982. The first-order valence-corrected chi connectivity index (χ1v) is 3.66. The minimum atomic E-state index is -4.61. The number of halogens is 3. The predicted octanol–water partition coefficient (Wildman–Crippen LogP) is 1.51. The van der Waals surface area contributed by atoms with Crippen molar-refractivity contribution in [3.05, 3.63) is 29.1 Å². The molecular formula is C8H7F3N2O. The van der Waals surface area contributed by atoms with Crippen LogP contribution in [0.3, 0.4) is 0 Å². The molecule has 14 heavy (non-hydrogen) atoms. The second-order valence-corrected chi connectivity index (χ2v) is 2.77. The molecular weight excluding hydrogens is 197 g/mol. The first-order chi connectivity index (χ1) is 6.32. The Balaban J connectivity index is 3.38. The Kier molecular flexibility index (Phi) is 2.46. The summed E-state index contributed by atoms with van der Waals surface area (Å²) < 4.78 is 37.0. The maximum Gasteiger partial charge on any atom is 0.418 e. The average molecular weight is 204 g/mol. The quantitative estimate of drug-likeness (QED) is 0.753. The Morgan fingerprint density at radius 3 is 2.50 bits per heavy atom. The maximum absolute atomic E-state index is 12.3.